The SMILES string of the molecule is CC(C)c1ccccc1-n1c(SC(C(=O)N(C)C)c2ccccc2)nnc1-c1cccnc1. The Labute approximate surface area is 198 Å². The van der Waals surface area contributed by atoms with Crippen LogP contribution in [0.25, 0.3) is 17.1 Å². The molecule has 2 heterocycles. The summed E-state index contributed by atoms with van der Waals surface area (Å²) in [4.78, 5) is 19.1. The zero-order chi connectivity index (χ0) is 23.4. The zero-order valence-electron chi connectivity index (χ0n) is 19.2. The highest BCUT2D eigenvalue weighted by Gasteiger charge is 2.28. The monoisotopic (exact) mass is 457 g/mol. The Morgan fingerprint density at radius 1 is 0.939 bits per heavy atom. The van der Waals surface area contributed by atoms with E-state index in [1.165, 1.54) is 17.3 Å². The van der Waals surface area contributed by atoms with Gasteiger partial charge in [-0.3, -0.25) is 14.3 Å². The summed E-state index contributed by atoms with van der Waals surface area (Å²) in [7, 11) is 3.55. The molecular formula is C26H27N5OS. The van der Waals surface area contributed by atoms with Crippen LogP contribution in [-0.2, 0) is 4.79 Å². The Morgan fingerprint density at radius 3 is 2.33 bits per heavy atom. The summed E-state index contributed by atoms with van der Waals surface area (Å²) in [6, 6.07) is 21.9. The third-order valence-electron chi connectivity index (χ3n) is 5.34. The molecule has 0 saturated heterocycles. The maximum atomic E-state index is 13.2. The molecule has 0 N–H and O–H groups in total. The predicted molar refractivity (Wildman–Crippen MR) is 132 cm³/mol. The number of carbonyl (C=O) groups is 1. The highest BCUT2D eigenvalue weighted by molar-refractivity contribution is 8.00. The molecule has 4 rings (SSSR count). The first-order chi connectivity index (χ1) is 16.0. The number of rotatable bonds is 7. The first-order valence-electron chi connectivity index (χ1n) is 10.8. The van der Waals surface area contributed by atoms with Gasteiger partial charge in [0, 0.05) is 32.1 Å². The third kappa shape index (κ3) is 4.83. The van der Waals surface area contributed by atoms with Gasteiger partial charge in [0.05, 0.1) is 5.69 Å². The van der Waals surface area contributed by atoms with Gasteiger partial charge in [-0.1, -0.05) is 74.1 Å². The Morgan fingerprint density at radius 2 is 1.67 bits per heavy atom. The smallest absolute Gasteiger partial charge is 0.240 e. The molecule has 2 aromatic carbocycles. The topological polar surface area (TPSA) is 63.9 Å². The van der Waals surface area contributed by atoms with Gasteiger partial charge in [0.15, 0.2) is 11.0 Å². The average molecular weight is 458 g/mol. The molecule has 1 atom stereocenters. The second-order valence-corrected chi connectivity index (χ2v) is 9.31. The summed E-state index contributed by atoms with van der Waals surface area (Å²) in [5.41, 5.74) is 3.98. The number of thioether (sulfide) groups is 1. The number of amides is 1. The van der Waals surface area contributed by atoms with E-state index in [1.807, 2.05) is 54.6 Å². The minimum Gasteiger partial charge on any atom is -0.348 e. The maximum absolute atomic E-state index is 13.2. The third-order valence-corrected chi connectivity index (χ3v) is 6.53. The van der Waals surface area contributed by atoms with Crippen LogP contribution >= 0.6 is 11.8 Å². The molecule has 0 fully saturated rings. The van der Waals surface area contributed by atoms with Crippen molar-refractivity contribution in [1.29, 1.82) is 0 Å². The van der Waals surface area contributed by atoms with Crippen LogP contribution in [0.5, 0.6) is 0 Å². The number of benzene rings is 2. The predicted octanol–water partition coefficient (Wildman–Crippen LogP) is 5.37. The van der Waals surface area contributed by atoms with Gasteiger partial charge in [0.25, 0.3) is 0 Å². The van der Waals surface area contributed by atoms with Crippen LogP contribution in [0.4, 0.5) is 0 Å². The lowest BCUT2D eigenvalue weighted by Gasteiger charge is -2.21. The van der Waals surface area contributed by atoms with Crippen molar-refractivity contribution in [2.75, 3.05) is 14.1 Å². The molecule has 0 bridgehead atoms. The number of nitrogens with zero attached hydrogens (tertiary/aromatic N) is 5. The first-order valence-corrected chi connectivity index (χ1v) is 11.7. The Bertz CT molecular complexity index is 1220. The number of pyridine rings is 1. The minimum absolute atomic E-state index is 0.000762. The van der Waals surface area contributed by atoms with Crippen LogP contribution in [0, 0.1) is 0 Å². The summed E-state index contributed by atoms with van der Waals surface area (Å²) in [5, 5.41) is 9.31. The second kappa shape index (κ2) is 10.0. The van der Waals surface area contributed by atoms with Crippen molar-refractivity contribution < 1.29 is 4.79 Å². The fourth-order valence-electron chi connectivity index (χ4n) is 3.65. The quantitative estimate of drug-likeness (QED) is 0.349. The van der Waals surface area contributed by atoms with E-state index in [0.29, 0.717) is 16.9 Å². The van der Waals surface area contributed by atoms with Crippen molar-refractivity contribution in [1.82, 2.24) is 24.6 Å². The maximum Gasteiger partial charge on any atom is 0.240 e. The van der Waals surface area contributed by atoms with E-state index in [0.717, 1.165) is 16.8 Å². The lowest BCUT2D eigenvalue weighted by Crippen LogP contribution is -2.27. The highest BCUT2D eigenvalue weighted by Crippen LogP contribution is 2.39. The van der Waals surface area contributed by atoms with Gasteiger partial charge >= 0.3 is 0 Å². The van der Waals surface area contributed by atoms with E-state index in [2.05, 4.69) is 45.7 Å². The van der Waals surface area contributed by atoms with Crippen LogP contribution in [0.1, 0.15) is 36.1 Å². The van der Waals surface area contributed by atoms with Crippen molar-refractivity contribution in [3.05, 3.63) is 90.3 Å². The zero-order valence-corrected chi connectivity index (χ0v) is 20.0. The molecule has 0 aliphatic heterocycles. The molecule has 0 radical (unpaired) electrons. The van der Waals surface area contributed by atoms with Crippen molar-refractivity contribution in [2.45, 2.75) is 30.2 Å². The molecule has 168 valence electrons. The molecule has 0 aliphatic rings. The number of hydrogen-bond acceptors (Lipinski definition) is 5. The van der Waals surface area contributed by atoms with Gasteiger partial charge in [-0.05, 0) is 35.2 Å². The summed E-state index contributed by atoms with van der Waals surface area (Å²) >= 11 is 1.41. The van der Waals surface area contributed by atoms with E-state index >= 15 is 0 Å². The molecule has 33 heavy (non-hydrogen) atoms. The Balaban J connectivity index is 1.89. The summed E-state index contributed by atoms with van der Waals surface area (Å²) < 4.78 is 2.05. The van der Waals surface area contributed by atoms with Crippen molar-refractivity contribution in [3.8, 4) is 17.1 Å². The van der Waals surface area contributed by atoms with Gasteiger partial charge in [0.1, 0.15) is 5.25 Å². The van der Waals surface area contributed by atoms with Gasteiger partial charge < -0.3 is 4.90 Å². The average Bonchev–Trinajstić information content (AvgIpc) is 3.26. The van der Waals surface area contributed by atoms with Crippen LogP contribution in [0.3, 0.4) is 0 Å². The first kappa shape index (κ1) is 22.7. The van der Waals surface area contributed by atoms with Crippen molar-refractivity contribution >= 4 is 17.7 Å². The standard InChI is InChI=1S/C26H27N5OS/c1-18(2)21-14-8-9-15-22(21)31-24(20-13-10-16-27-17-20)28-29-26(31)33-23(25(32)30(3)4)19-11-6-5-7-12-19/h5-18,23H,1-4H3. The molecule has 4 aromatic rings. The van der Waals surface area contributed by atoms with Gasteiger partial charge in [0.2, 0.25) is 5.91 Å². The van der Waals surface area contributed by atoms with Crippen LogP contribution in [-0.4, -0.2) is 44.7 Å². The van der Waals surface area contributed by atoms with E-state index in [4.69, 9.17) is 0 Å². The van der Waals surface area contributed by atoms with Crippen molar-refractivity contribution in [3.63, 3.8) is 0 Å². The van der Waals surface area contributed by atoms with Crippen LogP contribution in [0.2, 0.25) is 0 Å². The summed E-state index contributed by atoms with van der Waals surface area (Å²) in [5.74, 6) is 1.00. The Hall–Kier alpha value is -3.45. The van der Waals surface area contributed by atoms with Gasteiger partial charge in [-0.15, -0.1) is 10.2 Å². The molecule has 0 spiro atoms. The van der Waals surface area contributed by atoms with E-state index < -0.39 is 5.25 Å². The molecule has 1 unspecified atom stereocenters. The second-order valence-electron chi connectivity index (χ2n) is 8.24. The van der Waals surface area contributed by atoms with E-state index in [-0.39, 0.29) is 5.91 Å². The molecule has 2 aromatic heterocycles. The molecule has 0 saturated carbocycles. The minimum atomic E-state index is -0.447. The normalized spacial score (nSPS) is 12.0. The molecule has 6 nitrogen and oxygen atoms in total. The number of para-hydroxylation sites is 1. The fourth-order valence-corrected chi connectivity index (χ4v) is 4.85. The molecule has 0 aliphatic carbocycles. The summed E-state index contributed by atoms with van der Waals surface area (Å²) in [6.07, 6.45) is 3.52. The number of aromatic nitrogens is 4. The Kier molecular flexibility index (Phi) is 6.89. The van der Waals surface area contributed by atoms with Crippen molar-refractivity contribution in [2.24, 2.45) is 0 Å². The highest BCUT2D eigenvalue weighted by atomic mass is 32.2. The van der Waals surface area contributed by atoms with E-state index in [9.17, 15) is 4.79 Å². The lowest BCUT2D eigenvalue weighted by molar-refractivity contribution is -0.128. The van der Waals surface area contributed by atoms with Crippen LogP contribution in [0.15, 0.2) is 84.3 Å². The van der Waals surface area contributed by atoms with Crippen LogP contribution < -0.4 is 0 Å². The molecule has 1 amide bonds. The summed E-state index contributed by atoms with van der Waals surface area (Å²) in [6.45, 7) is 4.34. The number of hydrogen-bond donors (Lipinski definition) is 0. The molecular weight excluding hydrogens is 430 g/mol. The fraction of sp³-hybridized carbons (Fsp3) is 0.231. The lowest BCUT2D eigenvalue weighted by atomic mass is 10.0. The number of likely N-dealkylation sites (N-methyl/N-ethyl adjacent to an activating group) is 1. The number of carbonyl (C=O) groups excluding carboxylic acids is 1. The van der Waals surface area contributed by atoms with E-state index in [1.54, 1.807) is 31.4 Å². The van der Waals surface area contributed by atoms with Gasteiger partial charge in [-0.2, -0.15) is 0 Å². The largest absolute Gasteiger partial charge is 0.348 e. The molecule has 7 heteroatoms. The van der Waals surface area contributed by atoms with Gasteiger partial charge in [-0.25, -0.2) is 0 Å².